The summed E-state index contributed by atoms with van der Waals surface area (Å²) in [4.78, 5) is 9.10. The van der Waals surface area contributed by atoms with Crippen molar-refractivity contribution >= 4 is 11.6 Å². The molecule has 0 bridgehead atoms. The molecule has 1 unspecified atom stereocenters. The van der Waals surface area contributed by atoms with Crippen molar-refractivity contribution in [3.63, 3.8) is 0 Å². The quantitative estimate of drug-likeness (QED) is 0.893. The summed E-state index contributed by atoms with van der Waals surface area (Å²) in [5.41, 5.74) is 1.01. The highest BCUT2D eigenvalue weighted by atomic mass is 16.5. The molecule has 2 heterocycles. The summed E-state index contributed by atoms with van der Waals surface area (Å²) in [5, 5.41) is 6.49. The van der Waals surface area contributed by atoms with Crippen LogP contribution in [0.2, 0.25) is 0 Å². The Morgan fingerprint density at radius 3 is 2.65 bits per heavy atom. The number of nitrogens with one attached hydrogen (secondary N) is 2. The van der Waals surface area contributed by atoms with E-state index in [0.29, 0.717) is 6.04 Å². The van der Waals surface area contributed by atoms with E-state index in [1.165, 1.54) is 0 Å². The van der Waals surface area contributed by atoms with Crippen molar-refractivity contribution in [2.75, 3.05) is 30.9 Å². The molecule has 1 aromatic carbocycles. The molecule has 1 saturated heterocycles. The number of hydrogen-bond donors (Lipinski definition) is 2. The monoisotopic (exact) mass is 270 g/mol. The van der Waals surface area contributed by atoms with Gasteiger partial charge in [-0.3, -0.25) is 0 Å². The summed E-state index contributed by atoms with van der Waals surface area (Å²) in [6.07, 6.45) is 1.01. The van der Waals surface area contributed by atoms with Gasteiger partial charge in [0.15, 0.2) is 5.82 Å². The van der Waals surface area contributed by atoms with E-state index < -0.39 is 0 Å². The standard InChI is InChI=1S/C15H18N4O/c1-16-13-9-14(17-12-7-8-20-10-12)19-15(18-13)11-5-3-2-4-6-11/h2-6,9,12H,7-8,10H2,1H3,(H2,16,17,18,19). The zero-order valence-corrected chi connectivity index (χ0v) is 11.5. The smallest absolute Gasteiger partial charge is 0.163 e. The topological polar surface area (TPSA) is 59.1 Å². The van der Waals surface area contributed by atoms with E-state index in [4.69, 9.17) is 4.74 Å². The first-order valence-electron chi connectivity index (χ1n) is 6.81. The lowest BCUT2D eigenvalue weighted by molar-refractivity contribution is 0.195. The first-order chi connectivity index (χ1) is 9.85. The van der Waals surface area contributed by atoms with Gasteiger partial charge < -0.3 is 15.4 Å². The van der Waals surface area contributed by atoms with Crippen LogP contribution in [-0.2, 0) is 4.74 Å². The highest BCUT2D eigenvalue weighted by Crippen LogP contribution is 2.21. The minimum Gasteiger partial charge on any atom is -0.379 e. The molecule has 2 aromatic rings. The number of hydrogen-bond acceptors (Lipinski definition) is 5. The molecule has 5 heteroatoms. The highest BCUT2D eigenvalue weighted by molar-refractivity contribution is 5.61. The Kier molecular flexibility index (Phi) is 3.78. The summed E-state index contributed by atoms with van der Waals surface area (Å²) in [5.74, 6) is 2.36. The maximum Gasteiger partial charge on any atom is 0.163 e. The Morgan fingerprint density at radius 1 is 1.15 bits per heavy atom. The first kappa shape index (κ1) is 12.9. The van der Waals surface area contributed by atoms with E-state index in [-0.39, 0.29) is 0 Å². The van der Waals surface area contributed by atoms with Gasteiger partial charge in [-0.25, -0.2) is 9.97 Å². The van der Waals surface area contributed by atoms with Crippen molar-refractivity contribution < 1.29 is 4.74 Å². The highest BCUT2D eigenvalue weighted by Gasteiger charge is 2.16. The van der Waals surface area contributed by atoms with Gasteiger partial charge in [0.1, 0.15) is 11.6 Å². The SMILES string of the molecule is CNc1cc(NC2CCOC2)nc(-c2ccccc2)n1. The Hall–Kier alpha value is -2.14. The molecular weight excluding hydrogens is 252 g/mol. The lowest BCUT2D eigenvalue weighted by Crippen LogP contribution is -2.20. The van der Waals surface area contributed by atoms with E-state index in [1.54, 1.807) is 0 Å². The van der Waals surface area contributed by atoms with Crippen LogP contribution < -0.4 is 10.6 Å². The second-order valence-corrected chi connectivity index (χ2v) is 4.78. The van der Waals surface area contributed by atoms with Crippen LogP contribution in [-0.4, -0.2) is 36.3 Å². The normalized spacial score (nSPS) is 17.9. The van der Waals surface area contributed by atoms with Crippen LogP contribution in [0.3, 0.4) is 0 Å². The van der Waals surface area contributed by atoms with Crippen LogP contribution in [0.25, 0.3) is 11.4 Å². The lowest BCUT2D eigenvalue weighted by atomic mass is 10.2. The van der Waals surface area contributed by atoms with Gasteiger partial charge in [0, 0.05) is 25.3 Å². The van der Waals surface area contributed by atoms with Crippen LogP contribution in [0.15, 0.2) is 36.4 Å². The van der Waals surface area contributed by atoms with E-state index in [0.717, 1.165) is 42.7 Å². The average molecular weight is 270 g/mol. The van der Waals surface area contributed by atoms with Gasteiger partial charge in [-0.2, -0.15) is 0 Å². The first-order valence-corrected chi connectivity index (χ1v) is 6.81. The Balaban J connectivity index is 1.90. The van der Waals surface area contributed by atoms with Crippen LogP contribution in [0.5, 0.6) is 0 Å². The van der Waals surface area contributed by atoms with Gasteiger partial charge in [-0.05, 0) is 6.42 Å². The van der Waals surface area contributed by atoms with E-state index >= 15 is 0 Å². The van der Waals surface area contributed by atoms with Crippen molar-refractivity contribution in [1.29, 1.82) is 0 Å². The lowest BCUT2D eigenvalue weighted by Gasteiger charge is -2.13. The van der Waals surface area contributed by atoms with Gasteiger partial charge >= 0.3 is 0 Å². The average Bonchev–Trinajstić information content (AvgIpc) is 3.00. The Morgan fingerprint density at radius 2 is 1.95 bits per heavy atom. The molecule has 0 spiro atoms. The van der Waals surface area contributed by atoms with Crippen LogP contribution >= 0.6 is 0 Å². The molecule has 2 N–H and O–H groups in total. The minimum atomic E-state index is 0.332. The van der Waals surface area contributed by atoms with Gasteiger partial charge in [-0.1, -0.05) is 30.3 Å². The molecule has 0 radical (unpaired) electrons. The molecule has 3 rings (SSSR count). The third-order valence-electron chi connectivity index (χ3n) is 3.30. The maximum atomic E-state index is 5.38. The fourth-order valence-electron chi connectivity index (χ4n) is 2.22. The van der Waals surface area contributed by atoms with Gasteiger partial charge in [-0.15, -0.1) is 0 Å². The third kappa shape index (κ3) is 2.88. The van der Waals surface area contributed by atoms with Crippen LogP contribution in [0, 0.1) is 0 Å². The molecule has 0 aliphatic carbocycles. The van der Waals surface area contributed by atoms with E-state index in [9.17, 15) is 0 Å². The fraction of sp³-hybridized carbons (Fsp3) is 0.333. The van der Waals surface area contributed by atoms with E-state index in [2.05, 4.69) is 20.6 Å². The van der Waals surface area contributed by atoms with Crippen LogP contribution in [0.4, 0.5) is 11.6 Å². The van der Waals surface area contributed by atoms with Gasteiger partial charge in [0.05, 0.1) is 12.6 Å². The number of ether oxygens (including phenoxy) is 1. The second kappa shape index (κ2) is 5.88. The molecule has 5 nitrogen and oxygen atoms in total. The molecule has 1 aromatic heterocycles. The van der Waals surface area contributed by atoms with Crippen molar-refractivity contribution in [2.45, 2.75) is 12.5 Å². The molecule has 1 aliphatic rings. The largest absolute Gasteiger partial charge is 0.379 e. The molecule has 1 fully saturated rings. The number of aromatic nitrogens is 2. The van der Waals surface area contributed by atoms with Crippen molar-refractivity contribution in [1.82, 2.24) is 9.97 Å². The molecule has 104 valence electrons. The number of rotatable bonds is 4. The molecule has 0 saturated carbocycles. The zero-order chi connectivity index (χ0) is 13.8. The van der Waals surface area contributed by atoms with Crippen molar-refractivity contribution in [3.8, 4) is 11.4 Å². The third-order valence-corrected chi connectivity index (χ3v) is 3.30. The summed E-state index contributed by atoms with van der Waals surface area (Å²) < 4.78 is 5.38. The molecule has 1 atom stereocenters. The second-order valence-electron chi connectivity index (χ2n) is 4.78. The Labute approximate surface area is 118 Å². The summed E-state index contributed by atoms with van der Waals surface area (Å²) >= 11 is 0. The van der Waals surface area contributed by atoms with E-state index in [1.807, 2.05) is 43.4 Å². The summed E-state index contributed by atoms with van der Waals surface area (Å²) in [6.45, 7) is 1.55. The minimum absolute atomic E-state index is 0.332. The van der Waals surface area contributed by atoms with Crippen molar-refractivity contribution in [3.05, 3.63) is 36.4 Å². The van der Waals surface area contributed by atoms with Crippen molar-refractivity contribution in [2.24, 2.45) is 0 Å². The predicted molar refractivity (Wildman–Crippen MR) is 79.9 cm³/mol. The molecule has 1 aliphatic heterocycles. The predicted octanol–water partition coefficient (Wildman–Crippen LogP) is 2.39. The zero-order valence-electron chi connectivity index (χ0n) is 11.5. The Bertz CT molecular complexity index is 567. The van der Waals surface area contributed by atoms with Crippen LogP contribution in [0.1, 0.15) is 6.42 Å². The molecule has 20 heavy (non-hydrogen) atoms. The number of anilines is 2. The summed E-state index contributed by atoms with van der Waals surface area (Å²) in [6, 6.07) is 12.2. The molecule has 0 amide bonds. The molecular formula is C15H18N4O. The van der Waals surface area contributed by atoms with Gasteiger partial charge in [0.25, 0.3) is 0 Å². The fourth-order valence-corrected chi connectivity index (χ4v) is 2.22. The maximum absolute atomic E-state index is 5.38. The number of benzene rings is 1. The summed E-state index contributed by atoms with van der Waals surface area (Å²) in [7, 11) is 1.86. The van der Waals surface area contributed by atoms with Gasteiger partial charge in [0.2, 0.25) is 0 Å². The number of nitrogens with zero attached hydrogens (tertiary/aromatic N) is 2.